The van der Waals surface area contributed by atoms with Crippen LogP contribution in [0.5, 0.6) is 0 Å². The van der Waals surface area contributed by atoms with Crippen molar-refractivity contribution in [1.82, 2.24) is 5.32 Å². The largest absolute Gasteiger partial charge is 0.480 e. The minimum atomic E-state index is -0.791. The molecular weight excluding hydrogens is 162 g/mol. The molecule has 0 saturated carbocycles. The molecule has 2 N–H and O–H groups in total. The summed E-state index contributed by atoms with van der Waals surface area (Å²) in [4.78, 5) is 10.1. The maximum absolute atomic E-state index is 10.1. The van der Waals surface area contributed by atoms with Crippen LogP contribution in [0.1, 0.15) is 13.3 Å². The lowest BCUT2D eigenvalue weighted by Crippen LogP contribution is -2.31. The van der Waals surface area contributed by atoms with Crippen molar-refractivity contribution in [2.24, 2.45) is 0 Å². The summed E-state index contributed by atoms with van der Waals surface area (Å²) in [6.07, 6.45) is 3.07. The SMILES string of the molecule is CSCCC(C)NCC(=O)O. The molecule has 0 fully saturated rings. The van der Waals surface area contributed by atoms with E-state index in [4.69, 9.17) is 5.11 Å². The zero-order chi connectivity index (χ0) is 8.69. The number of carboxylic acids is 1. The normalized spacial score (nSPS) is 12.9. The quantitative estimate of drug-likeness (QED) is 0.630. The van der Waals surface area contributed by atoms with Gasteiger partial charge in [0.1, 0.15) is 0 Å². The molecule has 0 saturated heterocycles. The molecule has 0 spiro atoms. The van der Waals surface area contributed by atoms with Crippen LogP contribution in [0.15, 0.2) is 0 Å². The Morgan fingerprint density at radius 2 is 2.36 bits per heavy atom. The molecule has 0 heterocycles. The molecule has 0 amide bonds. The van der Waals surface area contributed by atoms with Crippen LogP contribution in [0.2, 0.25) is 0 Å². The molecule has 66 valence electrons. The van der Waals surface area contributed by atoms with Gasteiger partial charge in [-0.15, -0.1) is 0 Å². The maximum atomic E-state index is 10.1. The van der Waals surface area contributed by atoms with Gasteiger partial charge in [0, 0.05) is 6.04 Å². The van der Waals surface area contributed by atoms with Gasteiger partial charge in [-0.3, -0.25) is 4.79 Å². The zero-order valence-corrected chi connectivity index (χ0v) is 7.78. The van der Waals surface area contributed by atoms with Crippen molar-refractivity contribution in [3.8, 4) is 0 Å². The molecule has 1 unspecified atom stereocenters. The lowest BCUT2D eigenvalue weighted by Gasteiger charge is -2.10. The fourth-order valence-electron chi connectivity index (χ4n) is 0.658. The molecule has 0 aromatic carbocycles. The van der Waals surface area contributed by atoms with Crippen LogP contribution in [-0.4, -0.2) is 35.7 Å². The fourth-order valence-corrected chi connectivity index (χ4v) is 1.25. The predicted molar refractivity (Wildman–Crippen MR) is 48.1 cm³/mol. The molecule has 0 aliphatic heterocycles. The Hall–Kier alpha value is -0.220. The lowest BCUT2D eigenvalue weighted by atomic mass is 10.2. The van der Waals surface area contributed by atoms with E-state index in [-0.39, 0.29) is 6.54 Å². The average Bonchev–Trinajstić information content (AvgIpc) is 1.97. The second-order valence-electron chi connectivity index (χ2n) is 2.46. The van der Waals surface area contributed by atoms with Crippen molar-refractivity contribution in [2.45, 2.75) is 19.4 Å². The summed E-state index contributed by atoms with van der Waals surface area (Å²) in [7, 11) is 0. The van der Waals surface area contributed by atoms with Gasteiger partial charge < -0.3 is 10.4 Å². The molecule has 11 heavy (non-hydrogen) atoms. The smallest absolute Gasteiger partial charge is 0.317 e. The second-order valence-corrected chi connectivity index (χ2v) is 3.44. The number of carboxylic acid groups (broad SMARTS) is 1. The minimum Gasteiger partial charge on any atom is -0.480 e. The molecule has 0 aromatic heterocycles. The number of rotatable bonds is 6. The molecule has 0 rings (SSSR count). The van der Waals surface area contributed by atoms with Gasteiger partial charge in [0.2, 0.25) is 0 Å². The standard InChI is InChI=1S/C7H15NO2S/c1-6(3-4-11-2)8-5-7(9)10/h6,8H,3-5H2,1-2H3,(H,9,10). The molecule has 3 nitrogen and oxygen atoms in total. The highest BCUT2D eigenvalue weighted by Gasteiger charge is 2.02. The number of nitrogens with one attached hydrogen (secondary N) is 1. The maximum Gasteiger partial charge on any atom is 0.317 e. The van der Waals surface area contributed by atoms with Gasteiger partial charge in [0.15, 0.2) is 0 Å². The van der Waals surface area contributed by atoms with E-state index in [0.717, 1.165) is 12.2 Å². The lowest BCUT2D eigenvalue weighted by molar-refractivity contribution is -0.136. The first kappa shape index (κ1) is 10.8. The van der Waals surface area contributed by atoms with Crippen LogP contribution in [0.25, 0.3) is 0 Å². The minimum absolute atomic E-state index is 0.0650. The van der Waals surface area contributed by atoms with Crippen molar-refractivity contribution in [3.63, 3.8) is 0 Å². The second kappa shape index (κ2) is 6.49. The highest BCUT2D eigenvalue weighted by atomic mass is 32.2. The molecule has 0 aliphatic carbocycles. The Balaban J connectivity index is 3.22. The molecule has 0 aromatic rings. The van der Waals surface area contributed by atoms with Crippen molar-refractivity contribution in [3.05, 3.63) is 0 Å². The number of hydrogen-bond acceptors (Lipinski definition) is 3. The monoisotopic (exact) mass is 177 g/mol. The van der Waals surface area contributed by atoms with Gasteiger partial charge in [0.05, 0.1) is 6.54 Å². The van der Waals surface area contributed by atoms with E-state index in [2.05, 4.69) is 5.32 Å². The first-order valence-electron chi connectivity index (χ1n) is 3.61. The van der Waals surface area contributed by atoms with Gasteiger partial charge in [-0.2, -0.15) is 11.8 Å². The first-order valence-corrected chi connectivity index (χ1v) is 5.00. The van der Waals surface area contributed by atoms with E-state index < -0.39 is 5.97 Å². The fraction of sp³-hybridized carbons (Fsp3) is 0.857. The van der Waals surface area contributed by atoms with E-state index in [0.29, 0.717) is 6.04 Å². The third-order valence-corrected chi connectivity index (χ3v) is 2.00. The highest BCUT2D eigenvalue weighted by Crippen LogP contribution is 1.98. The average molecular weight is 177 g/mol. The van der Waals surface area contributed by atoms with Gasteiger partial charge in [-0.05, 0) is 25.4 Å². The summed E-state index contributed by atoms with van der Waals surface area (Å²) in [5.41, 5.74) is 0. The zero-order valence-electron chi connectivity index (χ0n) is 6.96. The van der Waals surface area contributed by atoms with E-state index in [1.165, 1.54) is 0 Å². The molecule has 4 heteroatoms. The summed E-state index contributed by atoms with van der Waals surface area (Å²) in [5, 5.41) is 11.2. The third kappa shape index (κ3) is 7.68. The summed E-state index contributed by atoms with van der Waals surface area (Å²) in [6.45, 7) is 2.06. The number of carbonyl (C=O) groups is 1. The summed E-state index contributed by atoms with van der Waals surface area (Å²) < 4.78 is 0. The van der Waals surface area contributed by atoms with E-state index >= 15 is 0 Å². The Bertz CT molecular complexity index is 119. The van der Waals surface area contributed by atoms with Crippen LogP contribution < -0.4 is 5.32 Å². The topological polar surface area (TPSA) is 49.3 Å². The predicted octanol–water partition coefficient (Wildman–Crippen LogP) is 0.802. The van der Waals surface area contributed by atoms with Crippen molar-refractivity contribution < 1.29 is 9.90 Å². The van der Waals surface area contributed by atoms with Crippen LogP contribution in [0, 0.1) is 0 Å². The number of thioether (sulfide) groups is 1. The van der Waals surface area contributed by atoms with Gasteiger partial charge in [-0.1, -0.05) is 0 Å². The third-order valence-electron chi connectivity index (χ3n) is 1.36. The Morgan fingerprint density at radius 1 is 1.73 bits per heavy atom. The Morgan fingerprint density at radius 3 is 2.82 bits per heavy atom. The van der Waals surface area contributed by atoms with Crippen molar-refractivity contribution in [1.29, 1.82) is 0 Å². The highest BCUT2D eigenvalue weighted by molar-refractivity contribution is 7.98. The van der Waals surface area contributed by atoms with Crippen LogP contribution in [-0.2, 0) is 4.79 Å². The molecule has 0 bridgehead atoms. The van der Waals surface area contributed by atoms with Gasteiger partial charge in [0.25, 0.3) is 0 Å². The molecule has 0 aliphatic rings. The summed E-state index contributed by atoms with van der Waals surface area (Å²) >= 11 is 1.78. The molecular formula is C7H15NO2S. The molecule has 0 radical (unpaired) electrons. The number of aliphatic carboxylic acids is 1. The number of hydrogen-bond donors (Lipinski definition) is 2. The van der Waals surface area contributed by atoms with Crippen LogP contribution in [0.3, 0.4) is 0 Å². The Kier molecular flexibility index (Phi) is 6.36. The van der Waals surface area contributed by atoms with Gasteiger partial charge >= 0.3 is 5.97 Å². The van der Waals surface area contributed by atoms with E-state index in [1.807, 2.05) is 13.2 Å². The molecule has 1 atom stereocenters. The Labute approximate surface area is 71.6 Å². The van der Waals surface area contributed by atoms with E-state index in [1.54, 1.807) is 11.8 Å². The summed E-state index contributed by atoms with van der Waals surface area (Å²) in [6, 6.07) is 0.304. The van der Waals surface area contributed by atoms with Crippen molar-refractivity contribution in [2.75, 3.05) is 18.6 Å². The van der Waals surface area contributed by atoms with Crippen molar-refractivity contribution >= 4 is 17.7 Å². The van der Waals surface area contributed by atoms with Crippen LogP contribution in [0.4, 0.5) is 0 Å². The van der Waals surface area contributed by atoms with E-state index in [9.17, 15) is 4.79 Å². The van der Waals surface area contributed by atoms with Gasteiger partial charge in [-0.25, -0.2) is 0 Å². The summed E-state index contributed by atoms with van der Waals surface area (Å²) in [5.74, 6) is 0.286. The van der Waals surface area contributed by atoms with Crippen LogP contribution >= 0.6 is 11.8 Å². The first-order chi connectivity index (χ1) is 5.16.